The van der Waals surface area contributed by atoms with E-state index in [2.05, 4.69) is 40.7 Å². The third-order valence-electron chi connectivity index (χ3n) is 10.3. The minimum absolute atomic E-state index is 0.200. The minimum atomic E-state index is -0.298. The average molecular weight is 403 g/mol. The topological polar surface area (TPSA) is 40.5 Å². The molecule has 0 aromatic rings. The van der Waals surface area contributed by atoms with Gasteiger partial charge in [0.2, 0.25) is 0 Å². The summed E-state index contributed by atoms with van der Waals surface area (Å²) < 4.78 is 0. The first-order valence-corrected chi connectivity index (χ1v) is 12.7. The number of fused-ring (bicyclic) bond motifs is 5. The molecule has 0 amide bonds. The zero-order chi connectivity index (χ0) is 21.0. The molecule has 0 aromatic carbocycles. The molecule has 166 valence electrons. The lowest BCUT2D eigenvalue weighted by Crippen LogP contribution is -2.54. The van der Waals surface area contributed by atoms with Gasteiger partial charge in [-0.3, -0.25) is 0 Å². The van der Waals surface area contributed by atoms with Gasteiger partial charge >= 0.3 is 0 Å². The first-order chi connectivity index (χ1) is 13.7. The zero-order valence-corrected chi connectivity index (χ0v) is 19.7. The Morgan fingerprint density at radius 2 is 1.72 bits per heavy atom. The van der Waals surface area contributed by atoms with E-state index in [0.717, 1.165) is 37.0 Å². The van der Waals surface area contributed by atoms with Crippen LogP contribution in [0.4, 0.5) is 0 Å². The lowest BCUT2D eigenvalue weighted by molar-refractivity contribution is -0.0970. The molecule has 9 atom stereocenters. The number of hydrogen-bond acceptors (Lipinski definition) is 2. The third kappa shape index (κ3) is 3.65. The van der Waals surface area contributed by atoms with Gasteiger partial charge in [-0.25, -0.2) is 0 Å². The fraction of sp³-hybridized carbons (Fsp3) is 0.926. The maximum atomic E-state index is 11.3. The van der Waals surface area contributed by atoms with Crippen LogP contribution in [0.2, 0.25) is 0 Å². The molecular weight excluding hydrogens is 356 g/mol. The van der Waals surface area contributed by atoms with Crippen LogP contribution >= 0.6 is 0 Å². The number of rotatable bonds is 5. The van der Waals surface area contributed by atoms with Crippen molar-refractivity contribution in [1.82, 2.24) is 0 Å². The molecule has 2 N–H and O–H groups in total. The molecule has 0 unspecified atom stereocenters. The first-order valence-electron chi connectivity index (χ1n) is 12.7. The van der Waals surface area contributed by atoms with Crippen LogP contribution in [0.25, 0.3) is 0 Å². The zero-order valence-electron chi connectivity index (χ0n) is 19.7. The molecule has 0 heterocycles. The van der Waals surface area contributed by atoms with Gasteiger partial charge in [-0.2, -0.15) is 0 Å². The highest BCUT2D eigenvalue weighted by atomic mass is 16.3. The Balaban J connectivity index is 1.54. The Labute approximate surface area is 179 Å². The van der Waals surface area contributed by atoms with E-state index in [-0.39, 0.29) is 17.6 Å². The molecule has 4 aliphatic carbocycles. The second-order valence-corrected chi connectivity index (χ2v) is 12.3. The van der Waals surface area contributed by atoms with E-state index >= 15 is 0 Å². The average Bonchev–Trinajstić information content (AvgIpc) is 3.00. The molecule has 0 bridgehead atoms. The third-order valence-corrected chi connectivity index (χ3v) is 10.3. The molecular formula is C27H46O2. The number of aliphatic hydroxyl groups is 2. The summed E-state index contributed by atoms with van der Waals surface area (Å²) in [7, 11) is 0. The molecule has 0 spiro atoms. The summed E-state index contributed by atoms with van der Waals surface area (Å²) in [5, 5.41) is 21.5. The van der Waals surface area contributed by atoms with Crippen molar-refractivity contribution in [3.8, 4) is 0 Å². The van der Waals surface area contributed by atoms with Crippen molar-refractivity contribution in [1.29, 1.82) is 0 Å². The van der Waals surface area contributed by atoms with Crippen molar-refractivity contribution in [2.45, 2.75) is 111 Å². The van der Waals surface area contributed by atoms with E-state index in [0.29, 0.717) is 23.2 Å². The molecule has 2 heteroatoms. The maximum absolute atomic E-state index is 11.3. The van der Waals surface area contributed by atoms with Gasteiger partial charge in [0, 0.05) is 0 Å². The Kier molecular flexibility index (Phi) is 6.01. The fourth-order valence-electron chi connectivity index (χ4n) is 8.65. The second kappa shape index (κ2) is 7.97. The van der Waals surface area contributed by atoms with Crippen LogP contribution in [0.15, 0.2) is 11.6 Å². The van der Waals surface area contributed by atoms with Gasteiger partial charge in [-0.05, 0) is 91.3 Å². The summed E-state index contributed by atoms with van der Waals surface area (Å²) in [5.41, 5.74) is 1.99. The Morgan fingerprint density at radius 1 is 0.966 bits per heavy atom. The maximum Gasteiger partial charge on any atom is 0.0757 e. The fourth-order valence-corrected chi connectivity index (χ4v) is 8.65. The summed E-state index contributed by atoms with van der Waals surface area (Å²) in [6.07, 6.45) is 13.9. The summed E-state index contributed by atoms with van der Waals surface area (Å²) in [4.78, 5) is 0. The van der Waals surface area contributed by atoms with E-state index in [4.69, 9.17) is 0 Å². The van der Waals surface area contributed by atoms with E-state index in [1.807, 2.05) is 0 Å². The van der Waals surface area contributed by atoms with Crippen molar-refractivity contribution in [3.63, 3.8) is 0 Å². The monoisotopic (exact) mass is 402 g/mol. The SMILES string of the molecule is CC(C)CCC[C@@H](C)[C@H]1CC[C@H]2[C@H]3[C@H](O)C=C4C[C@@H](O)CC[C@]4(C)[C@H]3CC[C@]12C. The van der Waals surface area contributed by atoms with Crippen molar-refractivity contribution in [2.75, 3.05) is 0 Å². The predicted octanol–water partition coefficient (Wildman–Crippen LogP) is 6.36. The largest absolute Gasteiger partial charge is 0.393 e. The molecule has 3 saturated carbocycles. The van der Waals surface area contributed by atoms with E-state index in [9.17, 15) is 10.2 Å². The van der Waals surface area contributed by atoms with E-state index < -0.39 is 0 Å². The Bertz CT molecular complexity index is 624. The summed E-state index contributed by atoms with van der Waals surface area (Å²) in [5.74, 6) is 4.18. The van der Waals surface area contributed by atoms with Crippen molar-refractivity contribution in [3.05, 3.63) is 11.6 Å². The Hall–Kier alpha value is -0.340. The number of aliphatic hydroxyl groups excluding tert-OH is 2. The summed E-state index contributed by atoms with van der Waals surface area (Å²) in [6.45, 7) is 12.2. The van der Waals surface area contributed by atoms with Crippen molar-refractivity contribution >= 4 is 0 Å². The van der Waals surface area contributed by atoms with Gasteiger partial charge < -0.3 is 10.2 Å². The van der Waals surface area contributed by atoms with E-state index in [1.54, 1.807) is 0 Å². The predicted molar refractivity (Wildman–Crippen MR) is 120 cm³/mol. The summed E-state index contributed by atoms with van der Waals surface area (Å²) >= 11 is 0. The Morgan fingerprint density at radius 3 is 2.45 bits per heavy atom. The molecule has 0 saturated heterocycles. The lowest BCUT2D eigenvalue weighted by Gasteiger charge is -2.59. The first kappa shape index (κ1) is 21.9. The van der Waals surface area contributed by atoms with Gasteiger partial charge in [0.05, 0.1) is 12.2 Å². The van der Waals surface area contributed by atoms with Crippen LogP contribution in [0.3, 0.4) is 0 Å². The van der Waals surface area contributed by atoms with Crippen LogP contribution in [0.1, 0.15) is 98.8 Å². The van der Waals surface area contributed by atoms with Crippen LogP contribution in [-0.2, 0) is 0 Å². The lowest BCUT2D eigenvalue weighted by atomic mass is 9.46. The van der Waals surface area contributed by atoms with E-state index in [1.165, 1.54) is 50.5 Å². The van der Waals surface area contributed by atoms with Gasteiger partial charge in [0.25, 0.3) is 0 Å². The van der Waals surface area contributed by atoms with Gasteiger partial charge in [0.1, 0.15) is 0 Å². The highest BCUT2D eigenvalue weighted by Crippen LogP contribution is 2.67. The molecule has 29 heavy (non-hydrogen) atoms. The normalized spacial score (nSPS) is 47.9. The van der Waals surface area contributed by atoms with Gasteiger partial charge in [-0.15, -0.1) is 0 Å². The number of hydrogen-bond donors (Lipinski definition) is 2. The molecule has 0 aromatic heterocycles. The van der Waals surface area contributed by atoms with Crippen LogP contribution < -0.4 is 0 Å². The minimum Gasteiger partial charge on any atom is -0.393 e. The van der Waals surface area contributed by atoms with Gasteiger partial charge in [-0.1, -0.05) is 65.5 Å². The van der Waals surface area contributed by atoms with Crippen LogP contribution in [0, 0.1) is 46.3 Å². The highest BCUT2D eigenvalue weighted by Gasteiger charge is 2.61. The molecule has 0 aliphatic heterocycles. The molecule has 2 nitrogen and oxygen atoms in total. The molecule has 4 rings (SSSR count). The quantitative estimate of drug-likeness (QED) is 0.525. The highest BCUT2D eigenvalue weighted by molar-refractivity contribution is 5.27. The molecule has 3 fully saturated rings. The van der Waals surface area contributed by atoms with Crippen molar-refractivity contribution in [2.24, 2.45) is 46.3 Å². The van der Waals surface area contributed by atoms with Gasteiger partial charge in [0.15, 0.2) is 0 Å². The smallest absolute Gasteiger partial charge is 0.0757 e. The van der Waals surface area contributed by atoms with Crippen LogP contribution in [0.5, 0.6) is 0 Å². The molecule has 0 radical (unpaired) electrons. The summed E-state index contributed by atoms with van der Waals surface area (Å²) in [6, 6.07) is 0. The molecule has 4 aliphatic rings. The van der Waals surface area contributed by atoms with Crippen molar-refractivity contribution < 1.29 is 10.2 Å². The van der Waals surface area contributed by atoms with Crippen LogP contribution in [-0.4, -0.2) is 22.4 Å². The standard InChI is InChI=1S/C27H46O2/c1-17(2)7-6-8-18(3)21-9-10-22-25-23(12-14-27(21,22)5)26(4)13-11-20(28)15-19(26)16-24(25)29/h16-18,20-25,28-29H,6-15H2,1-5H3/t18-,20+,21-,22+,23+,24-,25-,26+,27-/m1/s1. The second-order valence-electron chi connectivity index (χ2n) is 12.3.